The number of fused-ring (bicyclic) bond motifs is 1. The van der Waals surface area contributed by atoms with E-state index in [0.717, 1.165) is 63.0 Å². The van der Waals surface area contributed by atoms with E-state index < -0.39 is 0 Å². The topological polar surface area (TPSA) is 127 Å². The fourth-order valence-electron chi connectivity index (χ4n) is 5.19. The molecular formula is C27H32N8O2. The highest BCUT2D eigenvalue weighted by molar-refractivity contribution is 5.95. The van der Waals surface area contributed by atoms with Crippen molar-refractivity contribution < 1.29 is 9.21 Å². The number of aromatic nitrogens is 4. The molecule has 4 aromatic rings. The molecule has 6 rings (SSSR count). The average molecular weight is 501 g/mol. The van der Waals surface area contributed by atoms with Gasteiger partial charge in [0.15, 0.2) is 17.0 Å². The van der Waals surface area contributed by atoms with Crippen LogP contribution in [-0.2, 0) is 0 Å². The van der Waals surface area contributed by atoms with E-state index in [2.05, 4.69) is 15.6 Å². The van der Waals surface area contributed by atoms with E-state index in [1.165, 1.54) is 6.42 Å². The maximum absolute atomic E-state index is 12.9. The van der Waals surface area contributed by atoms with Crippen LogP contribution < -0.4 is 16.4 Å². The Labute approximate surface area is 215 Å². The van der Waals surface area contributed by atoms with E-state index in [1.54, 1.807) is 18.9 Å². The molecular weight excluding hydrogens is 468 g/mol. The fraction of sp³-hybridized carbons (Fsp3) is 0.407. The minimum Gasteiger partial charge on any atom is -0.470 e. The molecule has 1 saturated heterocycles. The predicted molar refractivity (Wildman–Crippen MR) is 142 cm³/mol. The first-order chi connectivity index (χ1) is 18.1. The average Bonchev–Trinajstić information content (AvgIpc) is 3.61. The van der Waals surface area contributed by atoms with Gasteiger partial charge in [0.05, 0.1) is 12.0 Å². The standard InChI is InChI=1S/C27H32N8O2/c28-19-6-10-21(11-7-19)31-27-32-24(23-25(33-27)35(17-29-23)22-12-15-37-16-22)30-20-8-4-18(5-9-20)26(36)34-13-2-1-3-14-34/h4-5,8-9,12,15-17,19,21H,1-3,6-7,10-11,13-14,28H2,(H2,30,31,32,33). The monoisotopic (exact) mass is 500 g/mol. The van der Waals surface area contributed by atoms with Gasteiger partial charge in [-0.1, -0.05) is 0 Å². The number of piperidine rings is 1. The van der Waals surface area contributed by atoms with Crippen LogP contribution in [-0.4, -0.2) is 55.5 Å². The van der Waals surface area contributed by atoms with E-state index in [-0.39, 0.29) is 18.0 Å². The van der Waals surface area contributed by atoms with Crippen molar-refractivity contribution >= 4 is 34.5 Å². The first-order valence-electron chi connectivity index (χ1n) is 13.1. The normalized spacial score (nSPS) is 20.2. The van der Waals surface area contributed by atoms with Gasteiger partial charge in [0.25, 0.3) is 5.91 Å². The van der Waals surface area contributed by atoms with Crippen LogP contribution in [0.25, 0.3) is 16.9 Å². The first-order valence-corrected chi connectivity index (χ1v) is 13.1. The van der Waals surface area contributed by atoms with Gasteiger partial charge < -0.3 is 25.7 Å². The number of amides is 1. The largest absolute Gasteiger partial charge is 0.470 e. The third kappa shape index (κ3) is 5.01. The van der Waals surface area contributed by atoms with E-state index >= 15 is 0 Å². The van der Waals surface area contributed by atoms with Gasteiger partial charge in [-0.2, -0.15) is 9.97 Å². The summed E-state index contributed by atoms with van der Waals surface area (Å²) in [6.45, 7) is 1.67. The van der Waals surface area contributed by atoms with Gasteiger partial charge in [0.1, 0.15) is 12.6 Å². The number of hydrogen-bond acceptors (Lipinski definition) is 8. The van der Waals surface area contributed by atoms with Gasteiger partial charge in [0.2, 0.25) is 5.95 Å². The Morgan fingerprint density at radius 3 is 2.51 bits per heavy atom. The third-order valence-electron chi connectivity index (χ3n) is 7.32. The van der Waals surface area contributed by atoms with Crippen LogP contribution in [0.15, 0.2) is 53.6 Å². The summed E-state index contributed by atoms with van der Waals surface area (Å²) >= 11 is 0. The molecule has 37 heavy (non-hydrogen) atoms. The second-order valence-corrected chi connectivity index (χ2v) is 9.98. The molecule has 192 valence electrons. The SMILES string of the molecule is NC1CCC(Nc2nc(Nc3ccc(C(=O)N4CCCCC4)cc3)c3ncn(-c4ccoc4)c3n2)CC1. The number of likely N-dealkylation sites (tertiary alicyclic amines) is 1. The van der Waals surface area contributed by atoms with Crippen LogP contribution >= 0.6 is 0 Å². The number of nitrogens with zero attached hydrogens (tertiary/aromatic N) is 5. The second kappa shape index (κ2) is 10.2. The van der Waals surface area contributed by atoms with Crippen LogP contribution in [0.1, 0.15) is 55.3 Å². The number of furan rings is 1. The Hall–Kier alpha value is -3.92. The molecule has 0 bridgehead atoms. The molecule has 1 aliphatic carbocycles. The quantitative estimate of drug-likeness (QED) is 0.354. The molecule has 0 spiro atoms. The summed E-state index contributed by atoms with van der Waals surface area (Å²) in [4.78, 5) is 29.0. The maximum Gasteiger partial charge on any atom is 0.253 e. The molecule has 4 heterocycles. The number of hydrogen-bond donors (Lipinski definition) is 3. The highest BCUT2D eigenvalue weighted by Gasteiger charge is 2.22. The number of nitrogens with two attached hydrogens (primary N) is 1. The summed E-state index contributed by atoms with van der Waals surface area (Å²) in [5.74, 6) is 1.23. The summed E-state index contributed by atoms with van der Waals surface area (Å²) in [6, 6.07) is 9.96. The smallest absolute Gasteiger partial charge is 0.253 e. The number of benzene rings is 1. The summed E-state index contributed by atoms with van der Waals surface area (Å²) in [7, 11) is 0. The molecule has 0 atom stereocenters. The van der Waals surface area contributed by atoms with Crippen molar-refractivity contribution in [3.05, 3.63) is 54.7 Å². The van der Waals surface area contributed by atoms with Crippen molar-refractivity contribution in [1.29, 1.82) is 0 Å². The molecule has 1 aromatic carbocycles. The van der Waals surface area contributed by atoms with Crippen LogP contribution in [0.2, 0.25) is 0 Å². The van der Waals surface area contributed by atoms with E-state index in [0.29, 0.717) is 28.5 Å². The highest BCUT2D eigenvalue weighted by Crippen LogP contribution is 2.28. The molecule has 3 aromatic heterocycles. The lowest BCUT2D eigenvalue weighted by molar-refractivity contribution is 0.0724. The van der Waals surface area contributed by atoms with Crippen LogP contribution in [0, 0.1) is 0 Å². The van der Waals surface area contributed by atoms with Crippen molar-refractivity contribution in [2.24, 2.45) is 5.73 Å². The molecule has 2 fully saturated rings. The summed E-state index contributed by atoms with van der Waals surface area (Å²) in [5.41, 5.74) is 9.76. The van der Waals surface area contributed by atoms with E-state index in [9.17, 15) is 4.79 Å². The Balaban J connectivity index is 1.28. The zero-order valence-corrected chi connectivity index (χ0v) is 20.8. The Morgan fingerprint density at radius 1 is 1.00 bits per heavy atom. The molecule has 0 radical (unpaired) electrons. The number of carbonyl (C=O) groups is 1. The van der Waals surface area contributed by atoms with Gasteiger partial charge in [-0.25, -0.2) is 4.98 Å². The number of rotatable bonds is 6. The minimum absolute atomic E-state index is 0.0909. The molecule has 1 saturated carbocycles. The lowest BCUT2D eigenvalue weighted by Gasteiger charge is -2.27. The Kier molecular flexibility index (Phi) is 6.48. The van der Waals surface area contributed by atoms with Crippen molar-refractivity contribution in [3.63, 3.8) is 0 Å². The van der Waals surface area contributed by atoms with E-state index in [4.69, 9.17) is 20.1 Å². The lowest BCUT2D eigenvalue weighted by Crippen LogP contribution is -2.35. The van der Waals surface area contributed by atoms with Crippen LogP contribution in [0.5, 0.6) is 0 Å². The molecule has 10 nitrogen and oxygen atoms in total. The van der Waals surface area contributed by atoms with E-state index in [1.807, 2.05) is 39.8 Å². The van der Waals surface area contributed by atoms with Crippen molar-refractivity contribution in [1.82, 2.24) is 24.4 Å². The number of carbonyl (C=O) groups excluding carboxylic acids is 1. The van der Waals surface area contributed by atoms with Gasteiger partial charge in [-0.3, -0.25) is 9.36 Å². The molecule has 1 amide bonds. The Morgan fingerprint density at radius 2 is 1.78 bits per heavy atom. The molecule has 0 unspecified atom stereocenters. The zero-order chi connectivity index (χ0) is 25.2. The fourth-order valence-corrected chi connectivity index (χ4v) is 5.19. The van der Waals surface area contributed by atoms with Gasteiger partial charge in [0, 0.05) is 42.5 Å². The van der Waals surface area contributed by atoms with Crippen LogP contribution in [0.4, 0.5) is 17.5 Å². The predicted octanol–water partition coefficient (Wildman–Crippen LogP) is 4.46. The first kappa shape index (κ1) is 23.5. The molecule has 4 N–H and O–H groups in total. The van der Waals surface area contributed by atoms with Crippen molar-refractivity contribution in [2.75, 3.05) is 23.7 Å². The molecule has 1 aliphatic heterocycles. The number of imidazole rings is 1. The Bertz CT molecular complexity index is 1350. The lowest BCUT2D eigenvalue weighted by atomic mass is 9.92. The number of nitrogens with one attached hydrogen (secondary N) is 2. The summed E-state index contributed by atoms with van der Waals surface area (Å²) in [5, 5.41) is 6.91. The van der Waals surface area contributed by atoms with Crippen LogP contribution in [0.3, 0.4) is 0 Å². The minimum atomic E-state index is 0.0909. The molecule has 10 heteroatoms. The van der Waals surface area contributed by atoms with Crippen molar-refractivity contribution in [2.45, 2.75) is 57.0 Å². The zero-order valence-electron chi connectivity index (χ0n) is 20.8. The third-order valence-corrected chi connectivity index (χ3v) is 7.32. The second-order valence-electron chi connectivity index (χ2n) is 9.98. The summed E-state index contributed by atoms with van der Waals surface area (Å²) in [6.07, 6.45) is 12.3. The summed E-state index contributed by atoms with van der Waals surface area (Å²) < 4.78 is 7.17. The van der Waals surface area contributed by atoms with Gasteiger partial charge in [-0.05, 0) is 69.2 Å². The van der Waals surface area contributed by atoms with Gasteiger partial charge >= 0.3 is 0 Å². The highest BCUT2D eigenvalue weighted by atomic mass is 16.3. The maximum atomic E-state index is 12.9. The van der Waals surface area contributed by atoms with Gasteiger partial charge in [-0.15, -0.1) is 0 Å². The molecule has 2 aliphatic rings. The number of anilines is 3. The van der Waals surface area contributed by atoms with Crippen molar-refractivity contribution in [3.8, 4) is 5.69 Å².